The summed E-state index contributed by atoms with van der Waals surface area (Å²) < 4.78 is 6.50. The molecule has 1 aromatic carbocycles. The van der Waals surface area contributed by atoms with Gasteiger partial charge in [0, 0.05) is 34.8 Å². The zero-order chi connectivity index (χ0) is 11.9. The van der Waals surface area contributed by atoms with Crippen LogP contribution in [0.25, 0.3) is 0 Å². The molecule has 1 aliphatic heterocycles. The summed E-state index contributed by atoms with van der Waals surface area (Å²) in [6.07, 6.45) is 1.21. The first kappa shape index (κ1) is 13.4. The third kappa shape index (κ3) is 5.00. The molecular formula is C13H18BrNOS. The van der Waals surface area contributed by atoms with E-state index in [4.69, 9.17) is 4.74 Å². The summed E-state index contributed by atoms with van der Waals surface area (Å²) in [5.74, 6) is 1.84. The van der Waals surface area contributed by atoms with E-state index in [1.54, 1.807) is 0 Å². The molecule has 1 unspecified atom stereocenters. The van der Waals surface area contributed by atoms with E-state index in [0.29, 0.717) is 0 Å². The monoisotopic (exact) mass is 315 g/mol. The molecule has 1 N–H and O–H groups in total. The fourth-order valence-electron chi connectivity index (χ4n) is 1.85. The van der Waals surface area contributed by atoms with Gasteiger partial charge in [-0.2, -0.15) is 0 Å². The molecule has 94 valence electrons. The quantitative estimate of drug-likeness (QED) is 0.643. The maximum absolute atomic E-state index is 5.35. The van der Waals surface area contributed by atoms with E-state index in [2.05, 4.69) is 45.5 Å². The van der Waals surface area contributed by atoms with Crippen LogP contribution in [0.15, 0.2) is 33.6 Å². The standard InChI is InChI=1S/C13H18BrNOS/c14-12-2-1-3-13(8-12)17-7-5-15-9-11-4-6-16-10-11/h1-3,8,11,15H,4-7,9-10H2. The number of halogens is 1. The Bertz CT molecular complexity index is 342. The van der Waals surface area contributed by atoms with Gasteiger partial charge in [-0.15, -0.1) is 11.8 Å². The summed E-state index contributed by atoms with van der Waals surface area (Å²) in [5, 5.41) is 3.50. The Morgan fingerprint density at radius 1 is 1.47 bits per heavy atom. The number of ether oxygens (including phenoxy) is 1. The summed E-state index contributed by atoms with van der Waals surface area (Å²) >= 11 is 5.38. The average molecular weight is 316 g/mol. The number of benzene rings is 1. The van der Waals surface area contributed by atoms with Gasteiger partial charge < -0.3 is 10.1 Å². The van der Waals surface area contributed by atoms with E-state index in [0.717, 1.165) is 42.4 Å². The van der Waals surface area contributed by atoms with Crippen LogP contribution in [0.2, 0.25) is 0 Å². The minimum Gasteiger partial charge on any atom is -0.381 e. The molecule has 1 atom stereocenters. The van der Waals surface area contributed by atoms with E-state index < -0.39 is 0 Å². The lowest BCUT2D eigenvalue weighted by atomic mass is 10.1. The van der Waals surface area contributed by atoms with Crippen LogP contribution >= 0.6 is 27.7 Å². The molecule has 1 heterocycles. The Morgan fingerprint density at radius 3 is 3.18 bits per heavy atom. The van der Waals surface area contributed by atoms with Crippen LogP contribution in [0, 0.1) is 5.92 Å². The van der Waals surface area contributed by atoms with Gasteiger partial charge in [-0.1, -0.05) is 22.0 Å². The molecule has 1 aliphatic rings. The van der Waals surface area contributed by atoms with Crippen molar-refractivity contribution >= 4 is 27.7 Å². The van der Waals surface area contributed by atoms with E-state index in [-0.39, 0.29) is 0 Å². The minimum atomic E-state index is 0.728. The molecule has 0 amide bonds. The van der Waals surface area contributed by atoms with Crippen molar-refractivity contribution in [3.8, 4) is 0 Å². The van der Waals surface area contributed by atoms with Crippen LogP contribution < -0.4 is 5.32 Å². The Morgan fingerprint density at radius 2 is 2.41 bits per heavy atom. The Kier molecular flexibility index (Phi) is 5.85. The van der Waals surface area contributed by atoms with Crippen LogP contribution in [0.5, 0.6) is 0 Å². The zero-order valence-electron chi connectivity index (χ0n) is 9.82. The van der Waals surface area contributed by atoms with E-state index in [1.165, 1.54) is 11.3 Å². The average Bonchev–Trinajstić information content (AvgIpc) is 2.82. The highest BCUT2D eigenvalue weighted by Crippen LogP contribution is 2.21. The second-order valence-corrected chi connectivity index (χ2v) is 6.32. The number of hydrogen-bond acceptors (Lipinski definition) is 3. The van der Waals surface area contributed by atoms with Crippen molar-refractivity contribution in [1.29, 1.82) is 0 Å². The molecule has 0 aliphatic carbocycles. The topological polar surface area (TPSA) is 21.3 Å². The van der Waals surface area contributed by atoms with Crippen LogP contribution in [0.4, 0.5) is 0 Å². The molecular weight excluding hydrogens is 298 g/mol. The maximum Gasteiger partial charge on any atom is 0.0507 e. The third-order valence-corrected chi connectivity index (χ3v) is 4.29. The summed E-state index contributed by atoms with van der Waals surface area (Å²) in [6.45, 7) is 4.04. The fourth-order valence-corrected chi connectivity index (χ4v) is 3.27. The van der Waals surface area contributed by atoms with Crippen molar-refractivity contribution in [3.63, 3.8) is 0 Å². The van der Waals surface area contributed by atoms with Gasteiger partial charge in [-0.05, 0) is 30.5 Å². The number of hydrogen-bond donors (Lipinski definition) is 1. The van der Waals surface area contributed by atoms with Gasteiger partial charge in [0.1, 0.15) is 0 Å². The van der Waals surface area contributed by atoms with Crippen molar-refractivity contribution in [3.05, 3.63) is 28.7 Å². The summed E-state index contributed by atoms with van der Waals surface area (Å²) in [6, 6.07) is 8.45. The van der Waals surface area contributed by atoms with E-state index in [9.17, 15) is 0 Å². The molecule has 4 heteroatoms. The Hall–Kier alpha value is -0.0300. The molecule has 1 aromatic rings. The SMILES string of the molecule is Brc1cccc(SCCNCC2CCOC2)c1. The van der Waals surface area contributed by atoms with Crippen LogP contribution in [-0.2, 0) is 4.74 Å². The van der Waals surface area contributed by atoms with Crippen molar-refractivity contribution in [2.24, 2.45) is 5.92 Å². The summed E-state index contributed by atoms with van der Waals surface area (Å²) in [4.78, 5) is 1.32. The highest BCUT2D eigenvalue weighted by Gasteiger charge is 2.14. The normalized spacial score (nSPS) is 19.7. The van der Waals surface area contributed by atoms with Crippen LogP contribution in [0.1, 0.15) is 6.42 Å². The predicted molar refractivity (Wildman–Crippen MR) is 76.7 cm³/mol. The number of thioether (sulfide) groups is 1. The van der Waals surface area contributed by atoms with Crippen molar-refractivity contribution < 1.29 is 4.74 Å². The maximum atomic E-state index is 5.35. The molecule has 1 saturated heterocycles. The first-order valence-corrected chi connectivity index (χ1v) is 7.79. The minimum absolute atomic E-state index is 0.728. The Balaban J connectivity index is 1.56. The first-order valence-electron chi connectivity index (χ1n) is 6.01. The largest absolute Gasteiger partial charge is 0.381 e. The lowest BCUT2D eigenvalue weighted by Crippen LogP contribution is -2.25. The van der Waals surface area contributed by atoms with Gasteiger partial charge in [0.05, 0.1) is 6.61 Å². The van der Waals surface area contributed by atoms with Crippen molar-refractivity contribution in [1.82, 2.24) is 5.32 Å². The summed E-state index contributed by atoms with van der Waals surface area (Å²) in [5.41, 5.74) is 0. The molecule has 2 nitrogen and oxygen atoms in total. The van der Waals surface area contributed by atoms with Gasteiger partial charge in [-0.3, -0.25) is 0 Å². The molecule has 2 rings (SSSR count). The summed E-state index contributed by atoms with van der Waals surface area (Å²) in [7, 11) is 0. The second-order valence-electron chi connectivity index (χ2n) is 4.24. The highest BCUT2D eigenvalue weighted by molar-refractivity contribution is 9.10. The van der Waals surface area contributed by atoms with Gasteiger partial charge in [0.25, 0.3) is 0 Å². The Labute approximate surface area is 116 Å². The van der Waals surface area contributed by atoms with Crippen LogP contribution in [0.3, 0.4) is 0 Å². The van der Waals surface area contributed by atoms with E-state index >= 15 is 0 Å². The van der Waals surface area contributed by atoms with Gasteiger partial charge >= 0.3 is 0 Å². The predicted octanol–water partition coefficient (Wildman–Crippen LogP) is 3.17. The van der Waals surface area contributed by atoms with Gasteiger partial charge in [0.2, 0.25) is 0 Å². The third-order valence-electron chi connectivity index (χ3n) is 2.80. The lowest BCUT2D eigenvalue weighted by Gasteiger charge is -2.09. The lowest BCUT2D eigenvalue weighted by molar-refractivity contribution is 0.185. The van der Waals surface area contributed by atoms with Crippen molar-refractivity contribution in [2.75, 3.05) is 32.1 Å². The molecule has 0 bridgehead atoms. The molecule has 17 heavy (non-hydrogen) atoms. The molecule has 1 fully saturated rings. The molecule has 0 saturated carbocycles. The smallest absolute Gasteiger partial charge is 0.0507 e. The number of rotatable bonds is 6. The van der Waals surface area contributed by atoms with Crippen molar-refractivity contribution in [2.45, 2.75) is 11.3 Å². The first-order chi connectivity index (χ1) is 8.34. The zero-order valence-corrected chi connectivity index (χ0v) is 12.2. The fraction of sp³-hybridized carbons (Fsp3) is 0.538. The second kappa shape index (κ2) is 7.41. The highest BCUT2D eigenvalue weighted by atomic mass is 79.9. The molecule has 0 radical (unpaired) electrons. The van der Waals surface area contributed by atoms with E-state index in [1.807, 2.05) is 11.8 Å². The number of nitrogens with one attached hydrogen (secondary N) is 1. The van der Waals surface area contributed by atoms with Crippen LogP contribution in [-0.4, -0.2) is 32.1 Å². The molecule has 0 spiro atoms. The molecule has 0 aromatic heterocycles. The van der Waals surface area contributed by atoms with Gasteiger partial charge in [-0.25, -0.2) is 0 Å². The van der Waals surface area contributed by atoms with Gasteiger partial charge in [0.15, 0.2) is 0 Å².